The van der Waals surface area contributed by atoms with Crippen LogP contribution in [0.5, 0.6) is 0 Å². The third-order valence-corrected chi connectivity index (χ3v) is 15.9. The molecule has 0 aliphatic heterocycles. The van der Waals surface area contributed by atoms with Crippen LogP contribution < -0.4 is 5.32 Å². The Morgan fingerprint density at radius 2 is 0.735 bits per heavy atom. The molecule has 83 heavy (non-hydrogen) atoms. The van der Waals surface area contributed by atoms with Gasteiger partial charge in [-0.2, -0.15) is 0 Å². The van der Waals surface area contributed by atoms with Gasteiger partial charge >= 0.3 is 7.82 Å². The lowest BCUT2D eigenvalue weighted by atomic mass is 10.0. The van der Waals surface area contributed by atoms with E-state index in [1.807, 2.05) is 27.2 Å². The van der Waals surface area contributed by atoms with Gasteiger partial charge in [0.1, 0.15) is 13.2 Å². The number of amides is 1. The molecule has 0 aliphatic carbocycles. The van der Waals surface area contributed by atoms with E-state index in [2.05, 4.69) is 129 Å². The summed E-state index contributed by atoms with van der Waals surface area (Å²) in [5.74, 6) is -0.194. The highest BCUT2D eigenvalue weighted by atomic mass is 31.2. The highest BCUT2D eigenvalue weighted by molar-refractivity contribution is 7.47. The number of hydrogen-bond acceptors (Lipinski definition) is 5. The summed E-state index contributed by atoms with van der Waals surface area (Å²) >= 11 is 0. The van der Waals surface area contributed by atoms with Crippen LogP contribution in [-0.2, 0) is 18.4 Å². The molecular formula is C74H132N2O6P+. The molecule has 1 amide bonds. The zero-order chi connectivity index (χ0) is 60.5. The molecule has 3 atom stereocenters. The summed E-state index contributed by atoms with van der Waals surface area (Å²) in [4.78, 5) is 23.4. The Kier molecular flexibility index (Phi) is 61.0. The van der Waals surface area contributed by atoms with E-state index in [0.717, 1.165) is 96.3 Å². The molecule has 0 rings (SSSR count). The molecule has 0 bridgehead atoms. The second-order valence-corrected chi connectivity index (χ2v) is 25.6. The zero-order valence-corrected chi connectivity index (χ0v) is 55.5. The van der Waals surface area contributed by atoms with Crippen molar-refractivity contribution < 1.29 is 32.9 Å². The lowest BCUT2D eigenvalue weighted by Gasteiger charge is -2.25. The van der Waals surface area contributed by atoms with Crippen LogP contribution in [0.25, 0.3) is 0 Å². The highest BCUT2D eigenvalue weighted by Crippen LogP contribution is 2.43. The minimum absolute atomic E-state index is 0.0501. The van der Waals surface area contributed by atoms with Gasteiger partial charge in [0.15, 0.2) is 0 Å². The number of carbonyl (C=O) groups is 1. The number of likely N-dealkylation sites (N-methyl/N-ethyl adjacent to an activating group) is 1. The Hall–Kier alpha value is -3.10. The second-order valence-electron chi connectivity index (χ2n) is 24.2. The maximum Gasteiger partial charge on any atom is 0.472 e. The summed E-state index contributed by atoms with van der Waals surface area (Å²) in [6.45, 7) is 4.69. The van der Waals surface area contributed by atoms with E-state index < -0.39 is 20.0 Å². The first-order valence-corrected chi connectivity index (χ1v) is 35.9. The van der Waals surface area contributed by atoms with Crippen molar-refractivity contribution >= 4 is 13.7 Å². The Morgan fingerprint density at radius 1 is 0.422 bits per heavy atom. The average molecular weight is 1180 g/mol. The number of hydrogen-bond donors (Lipinski definition) is 3. The van der Waals surface area contributed by atoms with Gasteiger partial charge in [-0.15, -0.1) is 0 Å². The molecule has 9 heteroatoms. The van der Waals surface area contributed by atoms with Gasteiger partial charge in [-0.25, -0.2) is 4.57 Å². The number of nitrogens with zero attached hydrogens (tertiary/aromatic N) is 1. The van der Waals surface area contributed by atoms with Crippen LogP contribution in [-0.4, -0.2) is 73.4 Å². The first-order valence-electron chi connectivity index (χ1n) is 34.4. The molecule has 0 heterocycles. The summed E-state index contributed by atoms with van der Waals surface area (Å²) in [5.41, 5.74) is 0. The number of aliphatic hydroxyl groups excluding tert-OH is 1. The normalized spacial score (nSPS) is 14.4. The number of carbonyl (C=O) groups excluding carboxylic acids is 1. The fraction of sp³-hybridized carbons (Fsp3) is 0.716. The van der Waals surface area contributed by atoms with Crippen LogP contribution in [0.4, 0.5) is 0 Å². The average Bonchev–Trinajstić information content (AvgIpc) is 3.49. The van der Waals surface area contributed by atoms with Crippen molar-refractivity contribution in [2.75, 3.05) is 40.9 Å². The summed E-state index contributed by atoms with van der Waals surface area (Å²) in [6.07, 6.45) is 94.8. The number of phosphoric acid groups is 1. The summed E-state index contributed by atoms with van der Waals surface area (Å²) in [5, 5.41) is 14.0. The first-order chi connectivity index (χ1) is 40.5. The van der Waals surface area contributed by atoms with Crippen LogP contribution >= 0.6 is 7.82 Å². The molecule has 0 aromatic rings. The third kappa shape index (κ3) is 66.3. The number of quaternary nitrogens is 1. The number of unbranched alkanes of at least 4 members (excludes halogenated alkanes) is 31. The molecule has 0 fully saturated rings. The number of phosphoric ester groups is 1. The Morgan fingerprint density at radius 3 is 1.11 bits per heavy atom. The van der Waals surface area contributed by atoms with Crippen molar-refractivity contribution in [2.24, 2.45) is 0 Å². The molecule has 0 spiro atoms. The molecule has 8 nitrogen and oxygen atoms in total. The first kappa shape index (κ1) is 79.9. The van der Waals surface area contributed by atoms with Gasteiger partial charge in [-0.3, -0.25) is 13.8 Å². The molecule has 3 N–H and O–H groups in total. The molecule has 0 aromatic heterocycles. The zero-order valence-electron chi connectivity index (χ0n) is 54.7. The van der Waals surface area contributed by atoms with Crippen LogP contribution in [0.1, 0.15) is 290 Å². The Balaban J connectivity index is 4.17. The van der Waals surface area contributed by atoms with Gasteiger partial charge in [0.2, 0.25) is 5.91 Å². The molecular weight excluding hydrogens is 1040 g/mol. The number of aliphatic hydroxyl groups is 1. The molecule has 0 aromatic carbocycles. The van der Waals surface area contributed by atoms with Crippen molar-refractivity contribution in [3.63, 3.8) is 0 Å². The molecule has 0 saturated carbocycles. The third-order valence-electron chi connectivity index (χ3n) is 14.9. The number of nitrogens with one attached hydrogen (secondary N) is 1. The predicted octanol–water partition coefficient (Wildman–Crippen LogP) is 22.0. The van der Waals surface area contributed by atoms with Crippen molar-refractivity contribution in [3.05, 3.63) is 122 Å². The summed E-state index contributed by atoms with van der Waals surface area (Å²) < 4.78 is 23.8. The van der Waals surface area contributed by atoms with Crippen molar-refractivity contribution in [1.29, 1.82) is 0 Å². The Bertz CT molecular complexity index is 1770. The maximum absolute atomic E-state index is 13.0. The standard InChI is InChI=1S/C74H131N2O6P/c1-6-8-10-12-14-16-18-20-22-24-26-28-30-32-34-35-36-37-38-39-40-41-42-44-46-48-50-52-54-56-58-60-62-64-66-68-74(78)75-72(71-82-83(79,80)81-70-69-76(3,4)5)73(77)67-65-63-61-59-57-55-53-51-49-47-45-43-33-31-29-27-25-23-21-19-17-15-13-11-9-7-2/h8,10,14,16,20,22,26,28,32,34,36-37,39-40,42,44,57,59,65,67,72-73,77H,6-7,9,11-13,15,17-19,21,23-25,27,29-31,33,35,38,41,43,45-56,58,60-64,66,68-71H2,1-5H3,(H-,75,78,79,80)/p+1/b10-8-,16-14-,22-20-,28-26-,34-32-,37-36-,40-39-,44-42-,59-57+,67-65+. The van der Waals surface area contributed by atoms with Crippen LogP contribution in [0.2, 0.25) is 0 Å². The van der Waals surface area contributed by atoms with Gasteiger partial charge in [0.05, 0.1) is 39.9 Å². The van der Waals surface area contributed by atoms with E-state index in [1.165, 1.54) is 173 Å². The van der Waals surface area contributed by atoms with E-state index in [1.54, 1.807) is 6.08 Å². The van der Waals surface area contributed by atoms with E-state index in [9.17, 15) is 19.4 Å². The van der Waals surface area contributed by atoms with E-state index >= 15 is 0 Å². The summed E-state index contributed by atoms with van der Waals surface area (Å²) in [7, 11) is 1.54. The van der Waals surface area contributed by atoms with E-state index in [4.69, 9.17) is 9.05 Å². The number of rotatable bonds is 62. The second kappa shape index (κ2) is 63.4. The van der Waals surface area contributed by atoms with Gasteiger partial charge in [0, 0.05) is 6.42 Å². The lowest BCUT2D eigenvalue weighted by Crippen LogP contribution is -2.45. The maximum atomic E-state index is 13.0. The minimum atomic E-state index is -4.37. The van der Waals surface area contributed by atoms with E-state index in [0.29, 0.717) is 17.4 Å². The molecule has 478 valence electrons. The van der Waals surface area contributed by atoms with Crippen LogP contribution in [0, 0.1) is 0 Å². The topological polar surface area (TPSA) is 105 Å². The Labute approximate surface area is 514 Å². The minimum Gasteiger partial charge on any atom is -0.387 e. The van der Waals surface area contributed by atoms with Gasteiger partial charge in [-0.05, 0) is 96.3 Å². The smallest absolute Gasteiger partial charge is 0.387 e. The SMILES string of the molecule is CC/C=C\C/C=C\C/C=C\C/C=C\C/C=C\C/C=C\C/C=C\C/C=C\CCCCCCCCCCCCC(=O)NC(COP(=O)(O)OCC[N+](C)(C)C)C(O)/C=C/CC/C=C/CCCCCCCCCCCCCCCCCCCCCC. The monoisotopic (exact) mass is 1180 g/mol. The quantitative estimate of drug-likeness (QED) is 0.0243. The van der Waals surface area contributed by atoms with E-state index in [-0.39, 0.29) is 19.1 Å². The predicted molar refractivity (Wildman–Crippen MR) is 364 cm³/mol. The van der Waals surface area contributed by atoms with Crippen LogP contribution in [0.3, 0.4) is 0 Å². The highest BCUT2D eigenvalue weighted by Gasteiger charge is 2.28. The molecule has 3 unspecified atom stereocenters. The number of allylic oxidation sites excluding steroid dienone is 19. The summed E-state index contributed by atoms with van der Waals surface area (Å²) in [6, 6.07) is -0.876. The van der Waals surface area contributed by atoms with Crippen molar-refractivity contribution in [1.82, 2.24) is 5.32 Å². The molecule has 0 radical (unpaired) electrons. The van der Waals surface area contributed by atoms with Gasteiger partial charge in [0.25, 0.3) is 0 Å². The fourth-order valence-corrected chi connectivity index (χ4v) is 10.3. The van der Waals surface area contributed by atoms with Crippen molar-refractivity contribution in [3.8, 4) is 0 Å². The van der Waals surface area contributed by atoms with Crippen LogP contribution in [0.15, 0.2) is 122 Å². The fourth-order valence-electron chi connectivity index (χ4n) is 9.61. The van der Waals surface area contributed by atoms with Crippen molar-refractivity contribution in [2.45, 2.75) is 302 Å². The molecule has 0 saturated heterocycles. The van der Waals surface area contributed by atoms with Gasteiger partial charge in [-0.1, -0.05) is 309 Å². The lowest BCUT2D eigenvalue weighted by molar-refractivity contribution is -0.870. The molecule has 0 aliphatic rings. The largest absolute Gasteiger partial charge is 0.472 e. The van der Waals surface area contributed by atoms with Gasteiger partial charge < -0.3 is 19.8 Å².